The Hall–Kier alpha value is -2.22. The van der Waals surface area contributed by atoms with Crippen LogP contribution < -0.4 is 10.5 Å². The molecule has 0 spiro atoms. The molecule has 0 saturated carbocycles. The zero-order valence-electron chi connectivity index (χ0n) is 10.8. The molecule has 0 aliphatic heterocycles. The van der Waals surface area contributed by atoms with E-state index >= 15 is 0 Å². The first-order valence-electron chi connectivity index (χ1n) is 5.73. The van der Waals surface area contributed by atoms with Gasteiger partial charge in [-0.15, -0.1) is 0 Å². The third kappa shape index (κ3) is 3.27. The van der Waals surface area contributed by atoms with E-state index in [4.69, 9.17) is 5.73 Å². The number of halogens is 3. The van der Waals surface area contributed by atoms with Crippen LogP contribution in [0.15, 0.2) is 35.2 Å². The molecule has 0 bridgehead atoms. The molecule has 0 atom stereocenters. The Morgan fingerprint density at radius 1 is 1.00 bits per heavy atom. The van der Waals surface area contributed by atoms with Gasteiger partial charge in [-0.3, -0.25) is 4.72 Å². The Morgan fingerprint density at radius 3 is 2.10 bits per heavy atom. The lowest BCUT2D eigenvalue weighted by molar-refractivity contribution is 0.448. The monoisotopic (exact) mass is 316 g/mol. The molecule has 0 amide bonds. The third-order valence-electron chi connectivity index (χ3n) is 2.62. The maximum atomic E-state index is 13.1. The van der Waals surface area contributed by atoms with Gasteiger partial charge in [0.05, 0.1) is 10.6 Å². The highest BCUT2D eigenvalue weighted by molar-refractivity contribution is 7.92. The summed E-state index contributed by atoms with van der Waals surface area (Å²) in [5.41, 5.74) is 5.96. The zero-order chi connectivity index (χ0) is 15.8. The fraction of sp³-hybridized carbons (Fsp3) is 0.0769. The Bertz CT molecular complexity index is 764. The second kappa shape index (κ2) is 5.28. The molecule has 0 aromatic heterocycles. The molecule has 4 nitrogen and oxygen atoms in total. The highest BCUT2D eigenvalue weighted by Gasteiger charge is 2.18. The van der Waals surface area contributed by atoms with Crippen molar-refractivity contribution in [2.24, 2.45) is 0 Å². The fourth-order valence-electron chi connectivity index (χ4n) is 1.76. The third-order valence-corrected chi connectivity index (χ3v) is 3.98. The van der Waals surface area contributed by atoms with E-state index in [9.17, 15) is 21.6 Å². The number of nitrogen functional groups attached to an aromatic ring is 1. The first-order chi connectivity index (χ1) is 9.69. The van der Waals surface area contributed by atoms with Crippen LogP contribution in [0.2, 0.25) is 0 Å². The molecule has 0 radical (unpaired) electrons. The molecule has 8 heteroatoms. The van der Waals surface area contributed by atoms with Crippen LogP contribution in [0.1, 0.15) is 5.56 Å². The summed E-state index contributed by atoms with van der Waals surface area (Å²) in [6.07, 6.45) is 0. The Balaban J connectivity index is 2.42. The predicted octanol–water partition coefficient (Wildman–Crippen LogP) is 2.80. The van der Waals surface area contributed by atoms with Crippen LogP contribution in [0.25, 0.3) is 0 Å². The molecule has 0 fully saturated rings. The summed E-state index contributed by atoms with van der Waals surface area (Å²) in [6, 6.07) is 5.21. The van der Waals surface area contributed by atoms with Gasteiger partial charge in [-0.2, -0.15) is 0 Å². The second-order valence-electron chi connectivity index (χ2n) is 4.44. The predicted molar refractivity (Wildman–Crippen MR) is 72.7 cm³/mol. The summed E-state index contributed by atoms with van der Waals surface area (Å²) < 4.78 is 65.2. The van der Waals surface area contributed by atoms with E-state index in [2.05, 4.69) is 0 Å². The van der Waals surface area contributed by atoms with Crippen LogP contribution in [0.4, 0.5) is 24.5 Å². The first-order valence-corrected chi connectivity index (χ1v) is 7.22. The van der Waals surface area contributed by atoms with Gasteiger partial charge in [0.25, 0.3) is 10.0 Å². The standard InChI is InChI=1S/C13H11F3N2O2S/c1-7-2-8(17)4-10(3-7)21(19,20)18-9-5-11(14)13(16)12(15)6-9/h2-6,18H,17H2,1H3. The molecule has 112 valence electrons. The SMILES string of the molecule is Cc1cc(N)cc(S(=O)(=O)Nc2cc(F)c(F)c(F)c2)c1. The van der Waals surface area contributed by atoms with Crippen LogP contribution in [0, 0.1) is 24.4 Å². The molecule has 3 N–H and O–H groups in total. The van der Waals surface area contributed by atoms with Crippen molar-refractivity contribution in [2.75, 3.05) is 10.5 Å². The molecule has 0 aliphatic rings. The molecular weight excluding hydrogens is 305 g/mol. The fourth-order valence-corrected chi connectivity index (χ4v) is 2.94. The van der Waals surface area contributed by atoms with Crippen molar-refractivity contribution in [1.29, 1.82) is 0 Å². The topological polar surface area (TPSA) is 72.2 Å². The molecule has 2 rings (SSSR count). The molecule has 0 aliphatic carbocycles. The minimum atomic E-state index is -4.09. The van der Waals surface area contributed by atoms with Crippen molar-refractivity contribution in [3.05, 3.63) is 53.3 Å². The van der Waals surface area contributed by atoms with Crippen molar-refractivity contribution in [1.82, 2.24) is 0 Å². The van der Waals surface area contributed by atoms with Crippen molar-refractivity contribution in [3.8, 4) is 0 Å². The minimum absolute atomic E-state index is 0.162. The lowest BCUT2D eigenvalue weighted by atomic mass is 10.2. The van der Waals surface area contributed by atoms with E-state index in [1.165, 1.54) is 12.1 Å². The summed E-state index contributed by atoms with van der Waals surface area (Å²) >= 11 is 0. The average Bonchev–Trinajstić information content (AvgIpc) is 2.34. The highest BCUT2D eigenvalue weighted by Crippen LogP contribution is 2.22. The summed E-state index contributed by atoms with van der Waals surface area (Å²) in [5, 5.41) is 0. The average molecular weight is 316 g/mol. The van der Waals surface area contributed by atoms with E-state index in [0.717, 1.165) is 0 Å². The quantitative estimate of drug-likeness (QED) is 0.675. The first kappa shape index (κ1) is 15.2. The van der Waals surface area contributed by atoms with E-state index in [-0.39, 0.29) is 10.6 Å². The van der Waals surface area contributed by atoms with E-state index in [1.807, 2.05) is 4.72 Å². The van der Waals surface area contributed by atoms with Gasteiger partial charge in [-0.1, -0.05) is 0 Å². The maximum absolute atomic E-state index is 13.1. The number of nitrogens with two attached hydrogens (primary N) is 1. The smallest absolute Gasteiger partial charge is 0.261 e. The largest absolute Gasteiger partial charge is 0.399 e. The van der Waals surface area contributed by atoms with Crippen LogP contribution in [-0.4, -0.2) is 8.42 Å². The van der Waals surface area contributed by atoms with Crippen molar-refractivity contribution >= 4 is 21.4 Å². The number of rotatable bonds is 3. The van der Waals surface area contributed by atoms with Gasteiger partial charge < -0.3 is 5.73 Å². The second-order valence-corrected chi connectivity index (χ2v) is 6.12. The van der Waals surface area contributed by atoms with Gasteiger partial charge in [0.15, 0.2) is 17.5 Å². The Morgan fingerprint density at radius 2 is 1.57 bits per heavy atom. The van der Waals surface area contributed by atoms with Gasteiger partial charge in [0.2, 0.25) is 0 Å². The Labute approximate surface area is 119 Å². The summed E-state index contributed by atoms with van der Waals surface area (Å²) in [7, 11) is -4.09. The van der Waals surface area contributed by atoms with Crippen molar-refractivity contribution < 1.29 is 21.6 Å². The van der Waals surface area contributed by atoms with Crippen LogP contribution >= 0.6 is 0 Å². The molecule has 0 saturated heterocycles. The number of nitrogens with one attached hydrogen (secondary N) is 1. The summed E-state index contributed by atoms with van der Waals surface area (Å²) in [6.45, 7) is 1.65. The van der Waals surface area contributed by atoms with E-state index < -0.39 is 33.2 Å². The summed E-state index contributed by atoms with van der Waals surface area (Å²) in [4.78, 5) is -0.162. The summed E-state index contributed by atoms with van der Waals surface area (Å²) in [5.74, 6) is -4.65. The Kier molecular flexibility index (Phi) is 3.82. The lowest BCUT2D eigenvalue weighted by Gasteiger charge is -2.10. The van der Waals surface area contributed by atoms with Crippen LogP contribution in [0.5, 0.6) is 0 Å². The van der Waals surface area contributed by atoms with E-state index in [1.54, 1.807) is 13.0 Å². The van der Waals surface area contributed by atoms with Crippen molar-refractivity contribution in [3.63, 3.8) is 0 Å². The molecular formula is C13H11F3N2O2S. The number of benzene rings is 2. The highest BCUT2D eigenvalue weighted by atomic mass is 32.2. The lowest BCUT2D eigenvalue weighted by Crippen LogP contribution is -2.14. The van der Waals surface area contributed by atoms with E-state index in [0.29, 0.717) is 17.7 Å². The molecule has 2 aromatic carbocycles. The normalized spacial score (nSPS) is 11.4. The van der Waals surface area contributed by atoms with Gasteiger partial charge in [-0.25, -0.2) is 21.6 Å². The van der Waals surface area contributed by atoms with Gasteiger partial charge >= 0.3 is 0 Å². The maximum Gasteiger partial charge on any atom is 0.261 e. The van der Waals surface area contributed by atoms with Crippen molar-refractivity contribution in [2.45, 2.75) is 11.8 Å². The van der Waals surface area contributed by atoms with Crippen LogP contribution in [0.3, 0.4) is 0 Å². The number of sulfonamides is 1. The molecule has 2 aromatic rings. The van der Waals surface area contributed by atoms with Gasteiger partial charge in [-0.05, 0) is 30.7 Å². The van der Waals surface area contributed by atoms with Gasteiger partial charge in [0.1, 0.15) is 0 Å². The zero-order valence-corrected chi connectivity index (χ0v) is 11.6. The number of hydrogen-bond donors (Lipinski definition) is 2. The molecule has 21 heavy (non-hydrogen) atoms. The molecule has 0 heterocycles. The molecule has 0 unspecified atom stereocenters. The minimum Gasteiger partial charge on any atom is -0.399 e. The van der Waals surface area contributed by atoms with Gasteiger partial charge in [0, 0.05) is 17.8 Å². The number of hydrogen-bond acceptors (Lipinski definition) is 3. The number of aryl methyl sites for hydroxylation is 1. The number of anilines is 2. The van der Waals surface area contributed by atoms with Crippen LogP contribution in [-0.2, 0) is 10.0 Å².